The molecule has 0 radical (unpaired) electrons. The van der Waals surface area contributed by atoms with E-state index in [2.05, 4.69) is 29.1 Å². The van der Waals surface area contributed by atoms with Crippen LogP contribution in [-0.2, 0) is 6.54 Å². The molecule has 3 rings (SSSR count). The monoisotopic (exact) mass is 300 g/mol. The number of hydrogen-bond donors (Lipinski definition) is 1. The maximum absolute atomic E-state index is 6.23. The van der Waals surface area contributed by atoms with Crippen LogP contribution in [0, 0.1) is 0 Å². The zero-order valence-electron chi connectivity index (χ0n) is 12.0. The van der Waals surface area contributed by atoms with E-state index in [0.717, 1.165) is 29.0 Å². The van der Waals surface area contributed by atoms with Crippen LogP contribution in [0.25, 0.3) is 16.9 Å². The van der Waals surface area contributed by atoms with Crippen LogP contribution in [0.4, 0.5) is 0 Å². The molecule has 108 valence electrons. The molecule has 2 heterocycles. The van der Waals surface area contributed by atoms with Gasteiger partial charge in [-0.15, -0.1) is 0 Å². The second kappa shape index (κ2) is 5.84. The summed E-state index contributed by atoms with van der Waals surface area (Å²) in [5, 5.41) is 4.05. The van der Waals surface area contributed by atoms with Crippen LogP contribution in [0.1, 0.15) is 19.4 Å². The molecule has 0 fully saturated rings. The molecule has 0 saturated carbocycles. The Bertz CT molecular complexity index is 764. The fourth-order valence-corrected chi connectivity index (χ4v) is 2.36. The van der Waals surface area contributed by atoms with Crippen LogP contribution in [0.15, 0.2) is 42.9 Å². The highest BCUT2D eigenvalue weighted by atomic mass is 35.5. The first kappa shape index (κ1) is 14.0. The summed E-state index contributed by atoms with van der Waals surface area (Å²) < 4.78 is 1.98. The van der Waals surface area contributed by atoms with Crippen molar-refractivity contribution in [1.29, 1.82) is 0 Å². The number of halogens is 1. The molecule has 0 aliphatic carbocycles. The Morgan fingerprint density at radius 3 is 2.86 bits per heavy atom. The first-order valence-corrected chi connectivity index (χ1v) is 7.33. The number of hydrogen-bond acceptors (Lipinski definition) is 3. The number of para-hydroxylation sites is 2. The summed E-state index contributed by atoms with van der Waals surface area (Å²) >= 11 is 6.23. The summed E-state index contributed by atoms with van der Waals surface area (Å²) in [7, 11) is 0. The van der Waals surface area contributed by atoms with Crippen molar-refractivity contribution in [2.75, 3.05) is 0 Å². The predicted molar refractivity (Wildman–Crippen MR) is 85.9 cm³/mol. The zero-order chi connectivity index (χ0) is 14.8. The van der Waals surface area contributed by atoms with Crippen molar-refractivity contribution in [3.63, 3.8) is 0 Å². The van der Waals surface area contributed by atoms with Gasteiger partial charge in [-0.05, 0) is 23.8 Å². The minimum absolute atomic E-state index is 0.409. The summed E-state index contributed by atoms with van der Waals surface area (Å²) in [5.74, 6) is 0.827. The Labute approximate surface area is 128 Å². The Kier molecular flexibility index (Phi) is 3.90. The lowest BCUT2D eigenvalue weighted by Gasteiger charge is -2.11. The van der Waals surface area contributed by atoms with E-state index >= 15 is 0 Å². The molecule has 0 aliphatic heterocycles. The molecular weight excluding hydrogens is 284 g/mol. The molecule has 3 aromatic rings. The van der Waals surface area contributed by atoms with Crippen molar-refractivity contribution in [1.82, 2.24) is 19.9 Å². The normalized spacial score (nSPS) is 11.4. The predicted octanol–water partition coefficient (Wildman–Crippen LogP) is 3.57. The van der Waals surface area contributed by atoms with Gasteiger partial charge < -0.3 is 5.32 Å². The number of nitrogens with one attached hydrogen (secondary N) is 1. The summed E-state index contributed by atoms with van der Waals surface area (Å²) in [6.07, 6.45) is 3.49. The summed E-state index contributed by atoms with van der Waals surface area (Å²) in [5.41, 5.74) is 3.03. The van der Waals surface area contributed by atoms with Gasteiger partial charge in [-0.2, -0.15) is 0 Å². The average molecular weight is 301 g/mol. The van der Waals surface area contributed by atoms with E-state index in [9.17, 15) is 0 Å². The van der Waals surface area contributed by atoms with Crippen molar-refractivity contribution < 1.29 is 0 Å². The van der Waals surface area contributed by atoms with E-state index in [0.29, 0.717) is 11.1 Å². The SMILES string of the molecule is CC(C)NCc1cc(-n2cnc3ccccc32)ncc1Cl. The van der Waals surface area contributed by atoms with Crippen LogP contribution in [0.5, 0.6) is 0 Å². The Morgan fingerprint density at radius 1 is 1.24 bits per heavy atom. The van der Waals surface area contributed by atoms with Crippen LogP contribution in [-0.4, -0.2) is 20.6 Å². The Balaban J connectivity index is 2.00. The van der Waals surface area contributed by atoms with Crippen LogP contribution in [0.2, 0.25) is 5.02 Å². The topological polar surface area (TPSA) is 42.7 Å². The van der Waals surface area contributed by atoms with E-state index < -0.39 is 0 Å². The number of fused-ring (bicyclic) bond motifs is 1. The van der Waals surface area contributed by atoms with Gasteiger partial charge in [-0.3, -0.25) is 4.57 Å². The third-order valence-corrected chi connectivity index (χ3v) is 3.66. The summed E-state index contributed by atoms with van der Waals surface area (Å²) in [6.45, 7) is 4.94. The van der Waals surface area contributed by atoms with Crippen molar-refractivity contribution in [3.8, 4) is 5.82 Å². The smallest absolute Gasteiger partial charge is 0.138 e. The number of benzene rings is 1. The first-order valence-electron chi connectivity index (χ1n) is 6.95. The standard InChI is InChI=1S/C16H17ClN4/c1-11(2)18-8-12-7-16(19-9-13(12)17)21-10-20-14-5-3-4-6-15(14)21/h3-7,9-11,18H,8H2,1-2H3. The van der Waals surface area contributed by atoms with Crippen LogP contribution >= 0.6 is 11.6 Å². The maximum Gasteiger partial charge on any atom is 0.138 e. The highest BCUT2D eigenvalue weighted by molar-refractivity contribution is 6.31. The minimum Gasteiger partial charge on any atom is -0.310 e. The lowest BCUT2D eigenvalue weighted by atomic mass is 10.2. The highest BCUT2D eigenvalue weighted by Gasteiger charge is 2.08. The fourth-order valence-electron chi connectivity index (χ4n) is 2.19. The molecule has 0 spiro atoms. The second-order valence-corrected chi connectivity index (χ2v) is 5.68. The average Bonchev–Trinajstić information content (AvgIpc) is 2.90. The Hall–Kier alpha value is -1.91. The molecule has 0 saturated heterocycles. The maximum atomic E-state index is 6.23. The van der Waals surface area contributed by atoms with E-state index in [-0.39, 0.29) is 0 Å². The zero-order valence-corrected chi connectivity index (χ0v) is 12.8. The largest absolute Gasteiger partial charge is 0.310 e. The van der Waals surface area contributed by atoms with E-state index in [1.807, 2.05) is 34.9 Å². The van der Waals surface area contributed by atoms with Gasteiger partial charge in [0, 0.05) is 18.8 Å². The quantitative estimate of drug-likeness (QED) is 0.801. The van der Waals surface area contributed by atoms with Gasteiger partial charge in [0.25, 0.3) is 0 Å². The number of nitrogens with zero attached hydrogens (tertiary/aromatic N) is 3. The molecule has 2 aromatic heterocycles. The van der Waals surface area contributed by atoms with Gasteiger partial charge in [0.05, 0.1) is 16.1 Å². The molecular formula is C16H17ClN4. The minimum atomic E-state index is 0.409. The van der Waals surface area contributed by atoms with Crippen molar-refractivity contribution in [3.05, 3.63) is 53.4 Å². The third-order valence-electron chi connectivity index (χ3n) is 3.32. The number of rotatable bonds is 4. The highest BCUT2D eigenvalue weighted by Crippen LogP contribution is 2.21. The lowest BCUT2D eigenvalue weighted by molar-refractivity contribution is 0.588. The molecule has 0 bridgehead atoms. The van der Waals surface area contributed by atoms with Gasteiger partial charge in [0.1, 0.15) is 12.1 Å². The molecule has 0 amide bonds. The first-order chi connectivity index (χ1) is 10.1. The molecule has 21 heavy (non-hydrogen) atoms. The Morgan fingerprint density at radius 2 is 2.05 bits per heavy atom. The summed E-state index contributed by atoms with van der Waals surface area (Å²) in [6, 6.07) is 10.4. The fraction of sp³-hybridized carbons (Fsp3) is 0.250. The van der Waals surface area contributed by atoms with E-state index in [1.165, 1.54) is 0 Å². The molecule has 0 unspecified atom stereocenters. The van der Waals surface area contributed by atoms with Crippen molar-refractivity contribution >= 4 is 22.6 Å². The number of aromatic nitrogens is 3. The number of imidazole rings is 1. The summed E-state index contributed by atoms with van der Waals surface area (Å²) in [4.78, 5) is 8.82. The molecule has 1 N–H and O–H groups in total. The van der Waals surface area contributed by atoms with Crippen molar-refractivity contribution in [2.24, 2.45) is 0 Å². The molecule has 1 aromatic carbocycles. The van der Waals surface area contributed by atoms with Crippen molar-refractivity contribution in [2.45, 2.75) is 26.4 Å². The molecule has 5 heteroatoms. The number of pyridine rings is 1. The van der Waals surface area contributed by atoms with Gasteiger partial charge in [0.2, 0.25) is 0 Å². The van der Waals surface area contributed by atoms with Gasteiger partial charge >= 0.3 is 0 Å². The van der Waals surface area contributed by atoms with Gasteiger partial charge in [-0.25, -0.2) is 9.97 Å². The second-order valence-electron chi connectivity index (χ2n) is 5.27. The molecule has 4 nitrogen and oxygen atoms in total. The lowest BCUT2D eigenvalue weighted by Crippen LogP contribution is -2.22. The van der Waals surface area contributed by atoms with Crippen LogP contribution in [0.3, 0.4) is 0 Å². The molecule has 0 atom stereocenters. The van der Waals surface area contributed by atoms with E-state index in [1.54, 1.807) is 12.5 Å². The molecule has 0 aliphatic rings. The van der Waals surface area contributed by atoms with Gasteiger partial charge in [-0.1, -0.05) is 37.6 Å². The van der Waals surface area contributed by atoms with E-state index in [4.69, 9.17) is 11.6 Å². The van der Waals surface area contributed by atoms with Crippen LogP contribution < -0.4 is 5.32 Å². The van der Waals surface area contributed by atoms with Gasteiger partial charge in [0.15, 0.2) is 0 Å². The third kappa shape index (κ3) is 2.91.